The monoisotopic (exact) mass is 337 g/mol. The van der Waals surface area contributed by atoms with Gasteiger partial charge in [-0.15, -0.1) is 0 Å². The lowest BCUT2D eigenvalue weighted by Crippen LogP contribution is -2.43. The fourth-order valence-electron chi connectivity index (χ4n) is 3.49. The molecule has 4 nitrogen and oxygen atoms in total. The summed E-state index contributed by atoms with van der Waals surface area (Å²) < 4.78 is 4.86. The van der Waals surface area contributed by atoms with Crippen molar-refractivity contribution in [1.29, 1.82) is 0 Å². The van der Waals surface area contributed by atoms with E-state index in [1.54, 1.807) is 0 Å². The molecule has 1 atom stereocenters. The SMILES string of the molecule is CCCC[C@H](NC(=O)C1c2ccccc2-c2ccccc21)C(=O)OC. The molecule has 2 aromatic carbocycles. The first-order valence-corrected chi connectivity index (χ1v) is 8.73. The molecule has 0 heterocycles. The van der Waals surface area contributed by atoms with Crippen LogP contribution in [0.1, 0.15) is 43.2 Å². The minimum atomic E-state index is -0.600. The summed E-state index contributed by atoms with van der Waals surface area (Å²) in [5.41, 5.74) is 4.14. The second kappa shape index (κ2) is 7.51. The normalized spacial score (nSPS) is 13.7. The third kappa shape index (κ3) is 3.29. The Labute approximate surface area is 148 Å². The van der Waals surface area contributed by atoms with Crippen LogP contribution in [0.4, 0.5) is 0 Å². The first-order valence-electron chi connectivity index (χ1n) is 8.73. The first kappa shape index (κ1) is 17.2. The van der Waals surface area contributed by atoms with E-state index in [-0.39, 0.29) is 17.8 Å². The molecule has 0 saturated heterocycles. The van der Waals surface area contributed by atoms with Gasteiger partial charge in [0, 0.05) is 0 Å². The van der Waals surface area contributed by atoms with Crippen LogP contribution in [-0.2, 0) is 14.3 Å². The average Bonchev–Trinajstić information content (AvgIpc) is 2.99. The molecular weight excluding hydrogens is 314 g/mol. The Morgan fingerprint density at radius 1 is 1.04 bits per heavy atom. The Morgan fingerprint density at radius 3 is 2.12 bits per heavy atom. The minimum Gasteiger partial charge on any atom is -0.467 e. The predicted molar refractivity (Wildman–Crippen MR) is 97.2 cm³/mol. The summed E-state index contributed by atoms with van der Waals surface area (Å²) in [6, 6.07) is 15.3. The predicted octanol–water partition coefficient (Wildman–Crippen LogP) is 3.65. The second-order valence-electron chi connectivity index (χ2n) is 6.33. The van der Waals surface area contributed by atoms with Crippen LogP contribution in [0, 0.1) is 0 Å². The van der Waals surface area contributed by atoms with Gasteiger partial charge in [0.25, 0.3) is 0 Å². The Morgan fingerprint density at radius 2 is 1.60 bits per heavy atom. The molecule has 1 N–H and O–H groups in total. The number of rotatable bonds is 6. The van der Waals surface area contributed by atoms with E-state index < -0.39 is 6.04 Å². The van der Waals surface area contributed by atoms with Gasteiger partial charge in [-0.25, -0.2) is 4.79 Å². The number of esters is 1. The zero-order valence-corrected chi connectivity index (χ0v) is 14.6. The van der Waals surface area contributed by atoms with E-state index in [0.717, 1.165) is 35.1 Å². The quantitative estimate of drug-likeness (QED) is 0.819. The van der Waals surface area contributed by atoms with Gasteiger partial charge in [-0.1, -0.05) is 68.3 Å². The van der Waals surface area contributed by atoms with Gasteiger partial charge < -0.3 is 10.1 Å². The van der Waals surface area contributed by atoms with Crippen molar-refractivity contribution in [2.24, 2.45) is 0 Å². The van der Waals surface area contributed by atoms with Crippen LogP contribution in [0.25, 0.3) is 11.1 Å². The topological polar surface area (TPSA) is 55.4 Å². The molecule has 25 heavy (non-hydrogen) atoms. The molecule has 1 aliphatic rings. The average molecular weight is 337 g/mol. The van der Waals surface area contributed by atoms with Gasteiger partial charge in [-0.05, 0) is 28.7 Å². The van der Waals surface area contributed by atoms with Crippen LogP contribution in [0.3, 0.4) is 0 Å². The lowest BCUT2D eigenvalue weighted by molar-refractivity contribution is -0.145. The standard InChI is InChI=1S/C21H23NO3/c1-3-4-13-18(21(24)25-2)22-20(23)19-16-11-7-5-9-14(16)15-10-6-8-12-17(15)19/h5-12,18-19H,3-4,13H2,1-2H3,(H,22,23)/t18-/m0/s1. The van der Waals surface area contributed by atoms with Crippen molar-refractivity contribution in [2.75, 3.05) is 7.11 Å². The van der Waals surface area contributed by atoms with E-state index in [9.17, 15) is 9.59 Å². The van der Waals surface area contributed by atoms with Gasteiger partial charge in [0.05, 0.1) is 13.0 Å². The highest BCUT2D eigenvalue weighted by molar-refractivity contribution is 5.97. The molecule has 0 bridgehead atoms. The molecule has 3 rings (SSSR count). The number of carbonyl (C=O) groups is 2. The summed E-state index contributed by atoms with van der Waals surface area (Å²) in [6.45, 7) is 2.06. The Hall–Kier alpha value is -2.62. The summed E-state index contributed by atoms with van der Waals surface area (Å²) in [5, 5.41) is 2.91. The van der Waals surface area contributed by atoms with Crippen LogP contribution in [0.2, 0.25) is 0 Å². The molecule has 1 aliphatic carbocycles. The number of amides is 1. The van der Waals surface area contributed by atoms with Crippen molar-refractivity contribution >= 4 is 11.9 Å². The number of hydrogen-bond donors (Lipinski definition) is 1. The Balaban J connectivity index is 1.90. The molecule has 0 fully saturated rings. The molecule has 130 valence electrons. The van der Waals surface area contributed by atoms with Crippen molar-refractivity contribution in [2.45, 2.75) is 38.1 Å². The maximum absolute atomic E-state index is 13.0. The largest absolute Gasteiger partial charge is 0.467 e. The van der Waals surface area contributed by atoms with E-state index in [1.807, 2.05) is 48.5 Å². The van der Waals surface area contributed by atoms with Crippen molar-refractivity contribution in [1.82, 2.24) is 5.32 Å². The molecule has 0 aromatic heterocycles. The molecule has 0 spiro atoms. The maximum Gasteiger partial charge on any atom is 0.328 e. The molecule has 0 aliphatic heterocycles. The van der Waals surface area contributed by atoms with Crippen molar-refractivity contribution in [3.63, 3.8) is 0 Å². The summed E-state index contributed by atoms with van der Waals surface area (Å²) in [6.07, 6.45) is 2.40. The number of nitrogens with one attached hydrogen (secondary N) is 1. The van der Waals surface area contributed by atoms with Gasteiger partial charge in [-0.3, -0.25) is 4.79 Å². The molecule has 2 aromatic rings. The highest BCUT2D eigenvalue weighted by Crippen LogP contribution is 2.44. The highest BCUT2D eigenvalue weighted by atomic mass is 16.5. The van der Waals surface area contributed by atoms with Gasteiger partial charge in [-0.2, -0.15) is 0 Å². The number of carbonyl (C=O) groups excluding carboxylic acids is 2. The van der Waals surface area contributed by atoms with Gasteiger partial charge in [0.2, 0.25) is 5.91 Å². The van der Waals surface area contributed by atoms with E-state index >= 15 is 0 Å². The maximum atomic E-state index is 13.0. The Kier molecular flexibility index (Phi) is 5.17. The minimum absolute atomic E-state index is 0.149. The van der Waals surface area contributed by atoms with Crippen LogP contribution in [-0.4, -0.2) is 25.0 Å². The summed E-state index contributed by atoms with van der Waals surface area (Å²) in [4.78, 5) is 25.1. The van der Waals surface area contributed by atoms with E-state index in [0.29, 0.717) is 6.42 Å². The number of benzene rings is 2. The fraction of sp³-hybridized carbons (Fsp3) is 0.333. The lowest BCUT2D eigenvalue weighted by atomic mass is 9.95. The summed E-state index contributed by atoms with van der Waals surface area (Å²) >= 11 is 0. The van der Waals surface area contributed by atoms with Crippen molar-refractivity contribution < 1.29 is 14.3 Å². The summed E-state index contributed by atoms with van der Waals surface area (Å²) in [5.74, 6) is -0.925. The smallest absolute Gasteiger partial charge is 0.328 e. The van der Waals surface area contributed by atoms with Crippen LogP contribution < -0.4 is 5.32 Å². The highest BCUT2D eigenvalue weighted by Gasteiger charge is 2.35. The third-order valence-electron chi connectivity index (χ3n) is 4.74. The molecule has 0 radical (unpaired) electrons. The molecule has 0 unspecified atom stereocenters. The van der Waals surface area contributed by atoms with E-state index in [4.69, 9.17) is 4.74 Å². The van der Waals surface area contributed by atoms with E-state index in [2.05, 4.69) is 12.2 Å². The third-order valence-corrected chi connectivity index (χ3v) is 4.74. The van der Waals surface area contributed by atoms with Gasteiger partial charge in [0.15, 0.2) is 0 Å². The fourth-order valence-corrected chi connectivity index (χ4v) is 3.49. The number of methoxy groups -OCH3 is 1. The molecular formula is C21H23NO3. The number of fused-ring (bicyclic) bond motifs is 3. The lowest BCUT2D eigenvalue weighted by Gasteiger charge is -2.20. The molecule has 1 amide bonds. The van der Waals surface area contributed by atoms with E-state index in [1.165, 1.54) is 7.11 Å². The number of ether oxygens (including phenoxy) is 1. The zero-order chi connectivity index (χ0) is 17.8. The van der Waals surface area contributed by atoms with Gasteiger partial charge >= 0.3 is 5.97 Å². The summed E-state index contributed by atoms with van der Waals surface area (Å²) in [7, 11) is 1.35. The van der Waals surface area contributed by atoms with Crippen molar-refractivity contribution in [3.05, 3.63) is 59.7 Å². The zero-order valence-electron chi connectivity index (χ0n) is 14.6. The van der Waals surface area contributed by atoms with Crippen LogP contribution >= 0.6 is 0 Å². The number of hydrogen-bond acceptors (Lipinski definition) is 3. The van der Waals surface area contributed by atoms with Gasteiger partial charge in [0.1, 0.15) is 6.04 Å². The molecule has 0 saturated carbocycles. The van der Waals surface area contributed by atoms with Crippen LogP contribution in [0.15, 0.2) is 48.5 Å². The molecule has 4 heteroatoms. The first-order chi connectivity index (χ1) is 12.2. The number of unbranched alkanes of at least 4 members (excludes halogenated alkanes) is 1. The van der Waals surface area contributed by atoms with Crippen LogP contribution in [0.5, 0.6) is 0 Å². The second-order valence-corrected chi connectivity index (χ2v) is 6.33. The Bertz CT molecular complexity index is 739. The van der Waals surface area contributed by atoms with Crippen molar-refractivity contribution in [3.8, 4) is 11.1 Å².